The predicted molar refractivity (Wildman–Crippen MR) is 112 cm³/mol. The minimum absolute atomic E-state index is 0.106. The number of rotatable bonds is 3. The van der Waals surface area contributed by atoms with Crippen LogP contribution in [0.5, 0.6) is 5.75 Å². The van der Waals surface area contributed by atoms with Gasteiger partial charge in [-0.3, -0.25) is 5.41 Å². The third kappa shape index (κ3) is 2.48. The van der Waals surface area contributed by atoms with Gasteiger partial charge in [-0.15, -0.1) is 0 Å². The van der Waals surface area contributed by atoms with E-state index >= 15 is 0 Å². The van der Waals surface area contributed by atoms with E-state index in [9.17, 15) is 20.2 Å². The number of nitriles is 3. The van der Waals surface area contributed by atoms with Crippen LogP contribution in [0.4, 0.5) is 4.39 Å². The van der Waals surface area contributed by atoms with Gasteiger partial charge in [0.1, 0.15) is 17.7 Å². The number of methoxy groups -OCH3 is 1. The van der Waals surface area contributed by atoms with Crippen molar-refractivity contribution in [2.24, 2.45) is 16.7 Å². The van der Waals surface area contributed by atoms with Gasteiger partial charge in [0, 0.05) is 5.56 Å². The van der Waals surface area contributed by atoms with E-state index in [1.54, 1.807) is 31.2 Å². The lowest BCUT2D eigenvalue weighted by Gasteiger charge is -2.48. The number of nitrogens with zero attached hydrogens (tertiary/aromatic N) is 3. The van der Waals surface area contributed by atoms with Crippen LogP contribution in [-0.2, 0) is 15.3 Å². The third-order valence-corrected chi connectivity index (χ3v) is 7.02. The number of ether oxygens (including phenoxy) is 3. The first-order valence-corrected chi connectivity index (χ1v) is 10.3. The Morgan fingerprint density at radius 2 is 1.75 bits per heavy atom. The molecule has 2 fully saturated rings. The Bertz CT molecular complexity index is 1230. The first kappa shape index (κ1) is 21.8. The first-order valence-electron chi connectivity index (χ1n) is 9.55. The molecule has 2 saturated heterocycles. The molecule has 0 aromatic heterocycles. The van der Waals surface area contributed by atoms with Crippen molar-refractivity contribution in [2.75, 3.05) is 7.11 Å². The highest BCUT2D eigenvalue weighted by Gasteiger charge is 2.79. The molecule has 2 aromatic rings. The van der Waals surface area contributed by atoms with Gasteiger partial charge < -0.3 is 14.2 Å². The van der Waals surface area contributed by atoms with Crippen molar-refractivity contribution in [3.63, 3.8) is 0 Å². The van der Waals surface area contributed by atoms with Crippen LogP contribution in [0.2, 0.25) is 0 Å². The van der Waals surface area contributed by atoms with E-state index in [1.165, 1.54) is 25.3 Å². The highest BCUT2D eigenvalue weighted by Crippen LogP contribution is 2.69. The molecule has 4 atom stereocenters. The quantitative estimate of drug-likeness (QED) is 0.658. The number of hydrogen-bond acceptors (Lipinski definition) is 7. The summed E-state index contributed by atoms with van der Waals surface area (Å²) >= 11 is 3.12. The fraction of sp³-hybridized carbons (Fsp3) is 0.304. The molecule has 7 nitrogen and oxygen atoms in total. The van der Waals surface area contributed by atoms with E-state index in [-0.39, 0.29) is 4.47 Å². The summed E-state index contributed by atoms with van der Waals surface area (Å²) in [6.07, 6.45) is -1.31. The summed E-state index contributed by atoms with van der Waals surface area (Å²) < 4.78 is 31.5. The lowest BCUT2D eigenvalue weighted by molar-refractivity contribution is -0.288. The number of halogens is 2. The van der Waals surface area contributed by atoms with E-state index in [0.29, 0.717) is 16.9 Å². The summed E-state index contributed by atoms with van der Waals surface area (Å²) in [5.74, 6) is -2.99. The monoisotopic (exact) mass is 494 g/mol. The average Bonchev–Trinajstić information content (AvgIpc) is 2.97. The van der Waals surface area contributed by atoms with Crippen LogP contribution in [0.3, 0.4) is 0 Å². The topological polar surface area (TPSA) is 123 Å². The summed E-state index contributed by atoms with van der Waals surface area (Å²) in [6.45, 7) is 1.62. The van der Waals surface area contributed by atoms with Gasteiger partial charge in [-0.2, -0.15) is 15.8 Å². The summed E-state index contributed by atoms with van der Waals surface area (Å²) in [6, 6.07) is 16.7. The van der Waals surface area contributed by atoms with Gasteiger partial charge in [-0.1, -0.05) is 13.0 Å². The molecule has 0 radical (unpaired) electrons. The van der Waals surface area contributed by atoms with Crippen molar-refractivity contribution >= 4 is 21.8 Å². The van der Waals surface area contributed by atoms with Crippen molar-refractivity contribution < 1.29 is 18.6 Å². The molecule has 0 amide bonds. The molecule has 32 heavy (non-hydrogen) atoms. The standard InChI is InChI=1S/C23H16BrFN4O3/c1-13-22(12-28)20(29)32-23(13,15-4-6-16(30-2)7-5-15)31-19(21(22,10-26)11-27)14-3-8-18(25)17(24)9-14/h3-9,13,19,29H,1-2H3. The van der Waals surface area contributed by atoms with E-state index in [0.717, 1.165) is 0 Å². The molecule has 2 aromatic carbocycles. The van der Waals surface area contributed by atoms with Crippen LogP contribution in [0.25, 0.3) is 0 Å². The summed E-state index contributed by atoms with van der Waals surface area (Å²) in [7, 11) is 1.52. The van der Waals surface area contributed by atoms with Crippen molar-refractivity contribution in [2.45, 2.75) is 18.8 Å². The van der Waals surface area contributed by atoms with Gasteiger partial charge >= 0.3 is 0 Å². The van der Waals surface area contributed by atoms with Gasteiger partial charge in [0.25, 0.3) is 0 Å². The summed E-state index contributed by atoms with van der Waals surface area (Å²) in [5.41, 5.74) is -3.27. The van der Waals surface area contributed by atoms with E-state index in [2.05, 4.69) is 22.0 Å². The molecule has 160 valence electrons. The molecule has 1 N–H and O–H groups in total. The van der Waals surface area contributed by atoms with Crippen molar-refractivity contribution in [3.8, 4) is 24.0 Å². The zero-order chi connectivity index (χ0) is 23.3. The Balaban J connectivity index is 2.02. The van der Waals surface area contributed by atoms with Crippen LogP contribution in [-0.4, -0.2) is 13.0 Å². The molecule has 0 saturated carbocycles. The maximum Gasteiger partial charge on any atom is 0.244 e. The smallest absolute Gasteiger partial charge is 0.244 e. The normalized spacial score (nSPS) is 29.8. The Morgan fingerprint density at radius 3 is 2.28 bits per heavy atom. The van der Waals surface area contributed by atoms with Gasteiger partial charge in [0.2, 0.25) is 17.1 Å². The Kier molecular flexibility index (Phi) is 4.97. The van der Waals surface area contributed by atoms with Crippen molar-refractivity contribution in [3.05, 3.63) is 63.9 Å². The minimum Gasteiger partial charge on any atom is -0.497 e. The van der Waals surface area contributed by atoms with Gasteiger partial charge in [-0.25, -0.2) is 4.39 Å². The largest absolute Gasteiger partial charge is 0.497 e. The van der Waals surface area contributed by atoms with Gasteiger partial charge in [-0.05, 0) is 57.9 Å². The van der Waals surface area contributed by atoms with Gasteiger partial charge in [0.05, 0.1) is 35.7 Å². The molecular formula is C23H16BrFN4O3. The second kappa shape index (κ2) is 7.31. The molecule has 0 spiro atoms. The van der Waals surface area contributed by atoms with E-state index in [4.69, 9.17) is 19.6 Å². The van der Waals surface area contributed by atoms with E-state index in [1.807, 2.05) is 12.1 Å². The average molecular weight is 495 g/mol. The molecule has 2 aliphatic heterocycles. The third-order valence-electron chi connectivity index (χ3n) is 6.41. The Hall–Kier alpha value is -3.45. The van der Waals surface area contributed by atoms with Crippen LogP contribution < -0.4 is 4.74 Å². The summed E-state index contributed by atoms with van der Waals surface area (Å²) in [4.78, 5) is 0. The predicted octanol–water partition coefficient (Wildman–Crippen LogP) is 4.71. The second-order valence-electron chi connectivity index (χ2n) is 7.67. The molecule has 4 rings (SSSR count). The fourth-order valence-electron chi connectivity index (χ4n) is 4.67. The van der Waals surface area contributed by atoms with Crippen LogP contribution in [0, 0.1) is 62.0 Å². The molecule has 0 aliphatic carbocycles. The minimum atomic E-state index is -2.12. The highest BCUT2D eigenvalue weighted by atomic mass is 79.9. The number of nitrogens with one attached hydrogen (secondary N) is 1. The van der Waals surface area contributed by atoms with Crippen molar-refractivity contribution in [1.82, 2.24) is 0 Å². The van der Waals surface area contributed by atoms with Gasteiger partial charge in [0.15, 0.2) is 5.41 Å². The molecule has 9 heteroatoms. The first-order chi connectivity index (χ1) is 15.3. The molecule has 4 unspecified atom stereocenters. The Morgan fingerprint density at radius 1 is 1.09 bits per heavy atom. The van der Waals surface area contributed by atoms with Crippen LogP contribution in [0.1, 0.15) is 24.2 Å². The maximum absolute atomic E-state index is 13.9. The fourth-order valence-corrected chi connectivity index (χ4v) is 5.06. The number of fused-ring (bicyclic) bond motifs is 2. The zero-order valence-electron chi connectivity index (χ0n) is 17.0. The Labute approximate surface area is 192 Å². The molecule has 2 heterocycles. The van der Waals surface area contributed by atoms with E-state index < -0.39 is 40.4 Å². The lowest BCUT2D eigenvalue weighted by atomic mass is 9.53. The lowest BCUT2D eigenvalue weighted by Crippen LogP contribution is -2.57. The zero-order valence-corrected chi connectivity index (χ0v) is 18.6. The van der Waals surface area contributed by atoms with Crippen LogP contribution in [0.15, 0.2) is 46.9 Å². The molecular weight excluding hydrogens is 479 g/mol. The molecule has 2 aliphatic rings. The number of hydrogen-bond donors (Lipinski definition) is 1. The SMILES string of the molecule is COc1ccc(C23OC(=N)C(C#N)(C2C)C(C#N)(C#N)C(c2ccc(F)c(Br)c2)O3)cc1. The maximum atomic E-state index is 13.9. The van der Waals surface area contributed by atoms with Crippen molar-refractivity contribution in [1.29, 1.82) is 21.2 Å². The molecule has 2 bridgehead atoms. The second-order valence-corrected chi connectivity index (χ2v) is 8.53. The number of benzene rings is 2. The highest BCUT2D eigenvalue weighted by molar-refractivity contribution is 9.10. The summed E-state index contributed by atoms with van der Waals surface area (Å²) in [5, 5.41) is 39.3. The van der Waals surface area contributed by atoms with Crippen LogP contribution >= 0.6 is 15.9 Å².